The Balaban J connectivity index is 2.01. The van der Waals surface area contributed by atoms with Gasteiger partial charge in [0.15, 0.2) is 0 Å². The van der Waals surface area contributed by atoms with Crippen molar-refractivity contribution in [2.24, 2.45) is 0 Å². The van der Waals surface area contributed by atoms with Gasteiger partial charge in [0.1, 0.15) is 0 Å². The highest BCUT2D eigenvalue weighted by Gasteiger charge is 2.30. The fourth-order valence-electron chi connectivity index (χ4n) is 3.37. The second-order valence-electron chi connectivity index (χ2n) is 5.53. The van der Waals surface area contributed by atoms with Crippen molar-refractivity contribution < 1.29 is 0 Å². The number of nitrogens with one attached hydrogen (secondary N) is 1. The van der Waals surface area contributed by atoms with Crippen molar-refractivity contribution in [2.75, 3.05) is 7.05 Å². The van der Waals surface area contributed by atoms with Crippen LogP contribution in [0.5, 0.6) is 0 Å². The first-order valence-electron chi connectivity index (χ1n) is 7.21. The molecule has 0 radical (unpaired) electrons. The van der Waals surface area contributed by atoms with Crippen LogP contribution in [-0.4, -0.2) is 7.05 Å². The van der Waals surface area contributed by atoms with Crippen LogP contribution in [0.25, 0.3) is 0 Å². The number of hydrogen-bond acceptors (Lipinski definition) is 2. The Hall–Kier alpha value is -0.640. The van der Waals surface area contributed by atoms with Crippen LogP contribution in [0.3, 0.4) is 0 Å². The molecule has 0 bridgehead atoms. The summed E-state index contributed by atoms with van der Waals surface area (Å²) < 4.78 is 1.25. The molecule has 1 heterocycles. The Labute approximate surface area is 133 Å². The number of thiophene rings is 1. The summed E-state index contributed by atoms with van der Waals surface area (Å²) in [6.07, 6.45) is 3.79. The van der Waals surface area contributed by atoms with Gasteiger partial charge < -0.3 is 5.32 Å². The maximum absolute atomic E-state index is 3.74. The molecule has 2 aromatic rings. The lowest BCUT2D eigenvalue weighted by molar-refractivity contribution is 0.429. The van der Waals surface area contributed by atoms with E-state index < -0.39 is 0 Å². The maximum atomic E-state index is 3.74. The molecule has 3 rings (SSSR count). The molecule has 0 saturated heterocycles. The van der Waals surface area contributed by atoms with Crippen molar-refractivity contribution >= 4 is 27.3 Å². The highest BCUT2D eigenvalue weighted by molar-refractivity contribution is 9.10. The lowest BCUT2D eigenvalue weighted by Crippen LogP contribution is -2.26. The lowest BCUT2D eigenvalue weighted by atomic mass is 9.78. The van der Waals surface area contributed by atoms with Gasteiger partial charge in [-0.15, -0.1) is 11.3 Å². The predicted octanol–water partition coefficient (Wildman–Crippen LogP) is 5.20. The van der Waals surface area contributed by atoms with Gasteiger partial charge in [-0.25, -0.2) is 0 Å². The average Bonchev–Trinajstić information content (AvgIpc) is 2.79. The summed E-state index contributed by atoms with van der Waals surface area (Å²) >= 11 is 5.64. The molecule has 1 aromatic heterocycles. The molecule has 1 nitrogen and oxygen atoms in total. The van der Waals surface area contributed by atoms with Gasteiger partial charge in [-0.2, -0.15) is 0 Å². The third-order valence-corrected chi connectivity index (χ3v) is 6.30. The molecule has 20 heavy (non-hydrogen) atoms. The molecule has 1 aliphatic rings. The summed E-state index contributed by atoms with van der Waals surface area (Å²) in [6, 6.07) is 11.6. The Morgan fingerprint density at radius 1 is 1.35 bits per heavy atom. The molecule has 106 valence electrons. The molecule has 0 spiro atoms. The summed E-state index contributed by atoms with van der Waals surface area (Å²) in [5.41, 5.74) is 3.07. The Morgan fingerprint density at radius 3 is 2.85 bits per heavy atom. The minimum absolute atomic E-state index is 0.407. The van der Waals surface area contributed by atoms with E-state index in [2.05, 4.69) is 65.5 Å². The Bertz CT molecular complexity index is 605. The van der Waals surface area contributed by atoms with Crippen LogP contribution in [0.4, 0.5) is 0 Å². The van der Waals surface area contributed by atoms with Crippen LogP contribution in [-0.2, 0) is 6.42 Å². The van der Waals surface area contributed by atoms with Gasteiger partial charge >= 0.3 is 0 Å². The molecular formula is C17H20BrNS. The molecule has 2 atom stereocenters. The fraction of sp³-hybridized carbons (Fsp3) is 0.412. The first-order valence-corrected chi connectivity index (χ1v) is 8.82. The number of rotatable bonds is 3. The van der Waals surface area contributed by atoms with Crippen molar-refractivity contribution in [3.8, 4) is 0 Å². The van der Waals surface area contributed by atoms with Gasteiger partial charge in [-0.3, -0.25) is 0 Å². The summed E-state index contributed by atoms with van der Waals surface area (Å²) in [5.74, 6) is 0.583. The van der Waals surface area contributed by atoms with Crippen LogP contribution in [0.15, 0.2) is 34.8 Å². The van der Waals surface area contributed by atoms with E-state index in [1.165, 1.54) is 44.6 Å². The van der Waals surface area contributed by atoms with E-state index in [9.17, 15) is 0 Å². The summed E-state index contributed by atoms with van der Waals surface area (Å²) in [6.45, 7) is 2.18. The van der Waals surface area contributed by atoms with Gasteiger partial charge in [-0.05, 0) is 66.4 Å². The summed E-state index contributed by atoms with van der Waals surface area (Å²) in [5, 5.41) is 3.56. The minimum Gasteiger partial charge on any atom is -0.312 e. The van der Waals surface area contributed by atoms with E-state index in [0.717, 1.165) is 0 Å². The largest absolute Gasteiger partial charge is 0.312 e. The number of benzene rings is 1. The van der Waals surface area contributed by atoms with E-state index in [1.807, 2.05) is 11.3 Å². The highest BCUT2D eigenvalue weighted by Crippen LogP contribution is 2.44. The number of aryl methyl sites for hydroxylation is 2. The first-order chi connectivity index (χ1) is 9.70. The second-order valence-corrected chi connectivity index (χ2v) is 7.68. The Morgan fingerprint density at radius 2 is 2.15 bits per heavy atom. The quantitative estimate of drug-likeness (QED) is 0.802. The maximum Gasteiger partial charge on any atom is 0.0493 e. The van der Waals surface area contributed by atoms with Crippen LogP contribution < -0.4 is 5.32 Å². The fourth-order valence-corrected chi connectivity index (χ4v) is 5.44. The third kappa shape index (κ3) is 2.59. The molecule has 3 heteroatoms. The molecule has 2 unspecified atom stereocenters. The molecule has 0 saturated carbocycles. The normalized spacial score (nSPS) is 19.6. The lowest BCUT2D eigenvalue weighted by Gasteiger charge is -2.32. The predicted molar refractivity (Wildman–Crippen MR) is 90.7 cm³/mol. The van der Waals surface area contributed by atoms with Gasteiger partial charge in [0, 0.05) is 26.2 Å². The zero-order valence-corrected chi connectivity index (χ0v) is 14.4. The zero-order valence-electron chi connectivity index (χ0n) is 11.9. The number of halogens is 1. The number of likely N-dealkylation sites (N-methyl/N-ethyl adjacent to an activating group) is 1. The third-order valence-electron chi connectivity index (χ3n) is 4.25. The smallest absolute Gasteiger partial charge is 0.0493 e. The standard InChI is InChI=1S/C17H20BrNS/c1-11-10-15(18)17(20-11)16(19-2)14-9-5-7-12-6-3-4-8-13(12)14/h3-4,6,8,10,14,16,19H,5,7,9H2,1-2H3. The molecule has 0 amide bonds. The second kappa shape index (κ2) is 6.00. The molecule has 1 aromatic carbocycles. The van der Waals surface area contributed by atoms with E-state index in [0.29, 0.717) is 12.0 Å². The molecule has 1 aliphatic carbocycles. The van der Waals surface area contributed by atoms with Crippen LogP contribution in [0.2, 0.25) is 0 Å². The number of fused-ring (bicyclic) bond motifs is 1. The molecular weight excluding hydrogens is 330 g/mol. The Kier molecular flexibility index (Phi) is 4.29. The van der Waals surface area contributed by atoms with Gasteiger partial charge in [0.05, 0.1) is 0 Å². The molecule has 0 aliphatic heterocycles. The van der Waals surface area contributed by atoms with Crippen molar-refractivity contribution in [2.45, 2.75) is 38.1 Å². The zero-order chi connectivity index (χ0) is 14.1. The summed E-state index contributed by atoms with van der Waals surface area (Å²) in [7, 11) is 2.09. The van der Waals surface area contributed by atoms with Gasteiger partial charge in [0.25, 0.3) is 0 Å². The van der Waals surface area contributed by atoms with Crippen LogP contribution >= 0.6 is 27.3 Å². The minimum atomic E-state index is 0.407. The highest BCUT2D eigenvalue weighted by atomic mass is 79.9. The van der Waals surface area contributed by atoms with Crippen LogP contribution in [0.1, 0.15) is 45.7 Å². The SMILES string of the molecule is CNC(c1sc(C)cc1Br)C1CCCc2ccccc21. The van der Waals surface area contributed by atoms with Crippen molar-refractivity contribution in [1.29, 1.82) is 0 Å². The molecule has 0 fully saturated rings. The van der Waals surface area contributed by atoms with Crippen molar-refractivity contribution in [1.82, 2.24) is 5.32 Å². The van der Waals surface area contributed by atoms with Gasteiger partial charge in [-0.1, -0.05) is 24.3 Å². The van der Waals surface area contributed by atoms with E-state index in [4.69, 9.17) is 0 Å². The van der Waals surface area contributed by atoms with Crippen LogP contribution in [0, 0.1) is 6.92 Å². The number of hydrogen-bond donors (Lipinski definition) is 1. The molecule has 1 N–H and O–H groups in total. The van der Waals surface area contributed by atoms with E-state index in [-0.39, 0.29) is 0 Å². The van der Waals surface area contributed by atoms with Gasteiger partial charge in [0.2, 0.25) is 0 Å². The monoisotopic (exact) mass is 349 g/mol. The van der Waals surface area contributed by atoms with E-state index >= 15 is 0 Å². The van der Waals surface area contributed by atoms with E-state index in [1.54, 1.807) is 0 Å². The first kappa shape index (κ1) is 14.3. The van der Waals surface area contributed by atoms with Crippen molar-refractivity contribution in [3.05, 3.63) is 55.7 Å². The topological polar surface area (TPSA) is 12.0 Å². The average molecular weight is 350 g/mol. The van der Waals surface area contributed by atoms with Crippen molar-refractivity contribution in [3.63, 3.8) is 0 Å². The summed E-state index contributed by atoms with van der Waals surface area (Å²) in [4.78, 5) is 2.81.